The predicted octanol–water partition coefficient (Wildman–Crippen LogP) is 4.20. The first-order chi connectivity index (χ1) is 8.74. The van der Waals surface area contributed by atoms with E-state index in [2.05, 4.69) is 18.3 Å². The van der Waals surface area contributed by atoms with Crippen molar-refractivity contribution in [2.45, 2.75) is 13.0 Å². The topological polar surface area (TPSA) is 21.3 Å². The van der Waals surface area contributed by atoms with Gasteiger partial charge in [-0.3, -0.25) is 0 Å². The number of nitrogens with one attached hydrogen (secondary N) is 1. The second-order valence-electron chi connectivity index (χ2n) is 4.50. The maximum Gasteiger partial charge on any atom is 0.142 e. The third-order valence-electron chi connectivity index (χ3n) is 3.07. The van der Waals surface area contributed by atoms with E-state index in [0.717, 1.165) is 34.1 Å². The second-order valence-corrected chi connectivity index (χ2v) is 4.91. The molecule has 1 atom stereocenters. The van der Waals surface area contributed by atoms with Crippen molar-refractivity contribution in [3.8, 4) is 16.9 Å². The lowest BCUT2D eigenvalue weighted by molar-refractivity contribution is 0.226. The molecule has 1 heterocycles. The Bertz CT molecular complexity index is 582. The summed E-state index contributed by atoms with van der Waals surface area (Å²) >= 11 is 6.21. The third-order valence-corrected chi connectivity index (χ3v) is 3.40. The number of hydrogen-bond donors (Lipinski definition) is 1. The maximum atomic E-state index is 6.21. The van der Waals surface area contributed by atoms with E-state index >= 15 is 0 Å². The van der Waals surface area contributed by atoms with Gasteiger partial charge in [0.2, 0.25) is 0 Å². The highest BCUT2D eigenvalue weighted by atomic mass is 35.5. The van der Waals surface area contributed by atoms with Crippen LogP contribution in [0.25, 0.3) is 11.1 Å². The van der Waals surface area contributed by atoms with Gasteiger partial charge in [-0.25, -0.2) is 0 Å². The van der Waals surface area contributed by atoms with Crippen LogP contribution in [0.2, 0.25) is 5.02 Å². The van der Waals surface area contributed by atoms with Crippen LogP contribution < -0.4 is 10.1 Å². The zero-order valence-corrected chi connectivity index (χ0v) is 10.9. The van der Waals surface area contributed by atoms with Crippen molar-refractivity contribution in [3.05, 3.63) is 47.5 Å². The Hall–Kier alpha value is -1.67. The van der Waals surface area contributed by atoms with Crippen molar-refractivity contribution in [2.24, 2.45) is 0 Å². The van der Waals surface area contributed by atoms with E-state index in [1.54, 1.807) is 0 Å². The van der Waals surface area contributed by atoms with Gasteiger partial charge in [-0.2, -0.15) is 0 Å². The van der Waals surface area contributed by atoms with Gasteiger partial charge < -0.3 is 10.1 Å². The van der Waals surface area contributed by atoms with Crippen LogP contribution >= 0.6 is 11.6 Å². The van der Waals surface area contributed by atoms with Gasteiger partial charge in [0.05, 0.1) is 12.2 Å². The van der Waals surface area contributed by atoms with Gasteiger partial charge in [-0.15, -0.1) is 0 Å². The number of ether oxygens (including phenoxy) is 1. The Balaban J connectivity index is 2.03. The molecule has 0 aromatic heterocycles. The maximum absolute atomic E-state index is 6.21. The zero-order valence-electron chi connectivity index (χ0n) is 10.1. The number of benzene rings is 2. The Morgan fingerprint density at radius 3 is 2.89 bits per heavy atom. The standard InChI is InChI=1S/C15H14ClNO/c1-10-9-17-14-8-11(6-7-15(14)18-10)12-4-2-3-5-13(12)16/h2-8,10,17H,9H2,1H3. The minimum absolute atomic E-state index is 0.212. The summed E-state index contributed by atoms with van der Waals surface area (Å²) in [5.74, 6) is 0.907. The molecule has 1 N–H and O–H groups in total. The van der Waals surface area contributed by atoms with Crippen molar-refractivity contribution >= 4 is 17.3 Å². The number of halogens is 1. The summed E-state index contributed by atoms with van der Waals surface area (Å²) in [5, 5.41) is 4.14. The van der Waals surface area contributed by atoms with E-state index in [1.165, 1.54) is 0 Å². The third kappa shape index (κ3) is 2.04. The van der Waals surface area contributed by atoms with Crippen LogP contribution in [0.5, 0.6) is 5.75 Å². The van der Waals surface area contributed by atoms with Crippen LogP contribution in [0, 0.1) is 0 Å². The van der Waals surface area contributed by atoms with Gasteiger partial charge in [0.15, 0.2) is 0 Å². The van der Waals surface area contributed by atoms with E-state index in [1.807, 2.05) is 36.4 Å². The Labute approximate surface area is 112 Å². The molecule has 0 fully saturated rings. The first kappa shape index (κ1) is 11.4. The molecule has 0 spiro atoms. The van der Waals surface area contributed by atoms with Crippen molar-refractivity contribution < 1.29 is 4.74 Å². The van der Waals surface area contributed by atoms with Crippen molar-refractivity contribution in [1.29, 1.82) is 0 Å². The van der Waals surface area contributed by atoms with Gasteiger partial charge >= 0.3 is 0 Å². The average molecular weight is 260 g/mol. The molecule has 0 bridgehead atoms. The average Bonchev–Trinajstić information content (AvgIpc) is 2.39. The fraction of sp³-hybridized carbons (Fsp3) is 0.200. The minimum Gasteiger partial charge on any atom is -0.487 e. The summed E-state index contributed by atoms with van der Waals surface area (Å²) < 4.78 is 5.76. The Morgan fingerprint density at radius 1 is 1.22 bits per heavy atom. The smallest absolute Gasteiger partial charge is 0.142 e. The minimum atomic E-state index is 0.212. The summed E-state index contributed by atoms with van der Waals surface area (Å²) in [6.45, 7) is 2.89. The molecule has 0 amide bonds. The van der Waals surface area contributed by atoms with E-state index in [0.29, 0.717) is 0 Å². The first-order valence-corrected chi connectivity index (χ1v) is 6.41. The van der Waals surface area contributed by atoms with Gasteiger partial charge in [-0.05, 0) is 30.7 Å². The largest absolute Gasteiger partial charge is 0.487 e. The first-order valence-electron chi connectivity index (χ1n) is 6.03. The number of hydrogen-bond acceptors (Lipinski definition) is 2. The van der Waals surface area contributed by atoms with Crippen LogP contribution in [0.15, 0.2) is 42.5 Å². The predicted molar refractivity (Wildman–Crippen MR) is 75.5 cm³/mol. The lowest BCUT2D eigenvalue weighted by atomic mass is 10.0. The Morgan fingerprint density at radius 2 is 2.06 bits per heavy atom. The molecule has 3 heteroatoms. The van der Waals surface area contributed by atoms with Crippen molar-refractivity contribution in [1.82, 2.24) is 0 Å². The quantitative estimate of drug-likeness (QED) is 0.829. The summed E-state index contributed by atoms with van der Waals surface area (Å²) in [6.07, 6.45) is 0.212. The van der Waals surface area contributed by atoms with Gasteiger partial charge in [0.25, 0.3) is 0 Å². The monoisotopic (exact) mass is 259 g/mol. The summed E-state index contributed by atoms with van der Waals surface area (Å²) in [7, 11) is 0. The summed E-state index contributed by atoms with van der Waals surface area (Å²) in [4.78, 5) is 0. The molecule has 0 radical (unpaired) electrons. The van der Waals surface area contributed by atoms with Crippen LogP contribution in [-0.4, -0.2) is 12.6 Å². The normalized spacial score (nSPS) is 17.6. The molecule has 1 unspecified atom stereocenters. The van der Waals surface area contributed by atoms with E-state index in [-0.39, 0.29) is 6.10 Å². The summed E-state index contributed by atoms with van der Waals surface area (Å²) in [5.41, 5.74) is 3.18. The van der Waals surface area contributed by atoms with Gasteiger partial charge in [0, 0.05) is 10.6 Å². The van der Waals surface area contributed by atoms with Crippen molar-refractivity contribution in [3.63, 3.8) is 0 Å². The lowest BCUT2D eigenvalue weighted by Crippen LogP contribution is -2.27. The highest BCUT2D eigenvalue weighted by Crippen LogP contribution is 2.35. The molecule has 0 saturated heterocycles. The van der Waals surface area contributed by atoms with E-state index in [9.17, 15) is 0 Å². The van der Waals surface area contributed by atoms with Gasteiger partial charge in [0.1, 0.15) is 11.9 Å². The molecule has 3 rings (SSSR count). The molecule has 1 aliphatic heterocycles. The molecule has 18 heavy (non-hydrogen) atoms. The fourth-order valence-corrected chi connectivity index (χ4v) is 2.39. The SMILES string of the molecule is CC1CNc2cc(-c3ccccc3Cl)ccc2O1. The molecule has 2 nitrogen and oxygen atoms in total. The molecular formula is C15H14ClNO. The zero-order chi connectivity index (χ0) is 12.5. The van der Waals surface area contributed by atoms with Crippen LogP contribution in [0.1, 0.15) is 6.92 Å². The number of fused-ring (bicyclic) bond motifs is 1. The lowest BCUT2D eigenvalue weighted by Gasteiger charge is -2.25. The van der Waals surface area contributed by atoms with Crippen LogP contribution in [0.3, 0.4) is 0 Å². The molecule has 2 aromatic carbocycles. The highest BCUT2D eigenvalue weighted by molar-refractivity contribution is 6.33. The Kier molecular flexibility index (Phi) is 2.88. The van der Waals surface area contributed by atoms with Crippen molar-refractivity contribution in [2.75, 3.05) is 11.9 Å². The van der Waals surface area contributed by atoms with Crippen LogP contribution in [0.4, 0.5) is 5.69 Å². The molecule has 0 saturated carbocycles. The molecule has 1 aliphatic rings. The molecule has 2 aromatic rings. The summed E-state index contributed by atoms with van der Waals surface area (Å²) in [6, 6.07) is 14.0. The van der Waals surface area contributed by atoms with Crippen LogP contribution in [-0.2, 0) is 0 Å². The number of anilines is 1. The molecule has 92 valence electrons. The second kappa shape index (κ2) is 4.54. The highest BCUT2D eigenvalue weighted by Gasteiger charge is 2.16. The fourth-order valence-electron chi connectivity index (χ4n) is 2.15. The number of rotatable bonds is 1. The van der Waals surface area contributed by atoms with E-state index < -0.39 is 0 Å². The molecular weight excluding hydrogens is 246 g/mol. The van der Waals surface area contributed by atoms with Gasteiger partial charge in [-0.1, -0.05) is 35.9 Å². The van der Waals surface area contributed by atoms with E-state index in [4.69, 9.17) is 16.3 Å². The molecule has 0 aliphatic carbocycles.